The standard InChI is InChI=1S/C25H20N2O2S/c1-13-9-16-18(28-13)5-6-19-20(16)21-22(26-12-27-24(21)29-19)15-10-14-7-8-30-23(14)17(11-15)25(2,3)4/h5-12H,1-4H3. The molecule has 4 aromatic heterocycles. The van der Waals surface area contributed by atoms with E-state index in [4.69, 9.17) is 13.8 Å². The van der Waals surface area contributed by atoms with Gasteiger partial charge in [-0.25, -0.2) is 9.97 Å². The van der Waals surface area contributed by atoms with Gasteiger partial charge in [0, 0.05) is 21.0 Å². The van der Waals surface area contributed by atoms with Crippen LogP contribution in [0.2, 0.25) is 0 Å². The van der Waals surface area contributed by atoms with Gasteiger partial charge in [0.2, 0.25) is 5.71 Å². The first-order valence-electron chi connectivity index (χ1n) is 9.98. The molecule has 0 aliphatic carbocycles. The van der Waals surface area contributed by atoms with Crippen molar-refractivity contribution in [3.63, 3.8) is 0 Å². The molecule has 4 nitrogen and oxygen atoms in total. The lowest BCUT2D eigenvalue weighted by Gasteiger charge is -2.21. The first-order valence-corrected chi connectivity index (χ1v) is 10.9. The van der Waals surface area contributed by atoms with Crippen LogP contribution in [0.5, 0.6) is 0 Å². The Balaban J connectivity index is 1.76. The summed E-state index contributed by atoms with van der Waals surface area (Å²) >= 11 is 1.79. The summed E-state index contributed by atoms with van der Waals surface area (Å²) in [5, 5.41) is 6.38. The average molecular weight is 413 g/mol. The summed E-state index contributed by atoms with van der Waals surface area (Å²) in [6, 6.07) is 12.7. The van der Waals surface area contributed by atoms with Gasteiger partial charge in [-0.15, -0.1) is 11.3 Å². The maximum Gasteiger partial charge on any atom is 0.231 e. The molecule has 5 heteroatoms. The van der Waals surface area contributed by atoms with E-state index < -0.39 is 0 Å². The molecule has 0 amide bonds. The van der Waals surface area contributed by atoms with Gasteiger partial charge >= 0.3 is 0 Å². The first kappa shape index (κ1) is 17.7. The third-order valence-corrected chi connectivity index (χ3v) is 6.65. The number of hydrogen-bond donors (Lipinski definition) is 0. The highest BCUT2D eigenvalue weighted by molar-refractivity contribution is 7.17. The van der Waals surface area contributed by atoms with Crippen molar-refractivity contribution in [3.05, 3.63) is 59.4 Å². The third kappa shape index (κ3) is 2.45. The second-order valence-corrected chi connectivity index (χ2v) is 9.74. The van der Waals surface area contributed by atoms with Crippen LogP contribution >= 0.6 is 11.3 Å². The van der Waals surface area contributed by atoms with E-state index in [0.717, 1.165) is 44.3 Å². The maximum atomic E-state index is 6.11. The minimum absolute atomic E-state index is 0.0264. The van der Waals surface area contributed by atoms with Gasteiger partial charge in [-0.1, -0.05) is 20.8 Å². The second kappa shape index (κ2) is 5.92. The Labute approximate surface area is 177 Å². The summed E-state index contributed by atoms with van der Waals surface area (Å²) in [7, 11) is 0. The summed E-state index contributed by atoms with van der Waals surface area (Å²) in [4.78, 5) is 9.16. The topological polar surface area (TPSA) is 52.1 Å². The van der Waals surface area contributed by atoms with E-state index in [-0.39, 0.29) is 5.41 Å². The monoisotopic (exact) mass is 412 g/mol. The van der Waals surface area contributed by atoms with Crippen molar-refractivity contribution in [1.82, 2.24) is 9.97 Å². The number of aryl methyl sites for hydroxylation is 1. The zero-order valence-corrected chi connectivity index (χ0v) is 18.1. The fourth-order valence-corrected chi connectivity index (χ4v) is 5.44. The molecule has 0 saturated carbocycles. The molecule has 148 valence electrons. The highest BCUT2D eigenvalue weighted by Gasteiger charge is 2.22. The Hall–Kier alpha value is -3.18. The van der Waals surface area contributed by atoms with Crippen LogP contribution in [-0.4, -0.2) is 9.97 Å². The van der Waals surface area contributed by atoms with Crippen LogP contribution in [0.4, 0.5) is 0 Å². The van der Waals surface area contributed by atoms with Crippen LogP contribution in [0, 0.1) is 6.92 Å². The van der Waals surface area contributed by atoms with Gasteiger partial charge < -0.3 is 8.83 Å². The lowest BCUT2D eigenvalue weighted by Crippen LogP contribution is -2.11. The van der Waals surface area contributed by atoms with Gasteiger partial charge in [0.05, 0.1) is 11.1 Å². The minimum Gasteiger partial charge on any atom is -0.461 e. The molecule has 0 spiro atoms. The van der Waals surface area contributed by atoms with Crippen molar-refractivity contribution in [1.29, 1.82) is 0 Å². The maximum absolute atomic E-state index is 6.11. The number of fused-ring (bicyclic) bond motifs is 6. The predicted molar refractivity (Wildman–Crippen MR) is 123 cm³/mol. The Morgan fingerprint density at radius 2 is 1.73 bits per heavy atom. The number of benzene rings is 2. The number of nitrogens with zero attached hydrogens (tertiary/aromatic N) is 2. The van der Waals surface area contributed by atoms with E-state index in [1.165, 1.54) is 15.6 Å². The van der Waals surface area contributed by atoms with E-state index in [9.17, 15) is 0 Å². The van der Waals surface area contributed by atoms with E-state index in [1.807, 2.05) is 19.1 Å². The Morgan fingerprint density at radius 3 is 2.57 bits per heavy atom. The molecular weight excluding hydrogens is 392 g/mol. The highest BCUT2D eigenvalue weighted by Crippen LogP contribution is 2.42. The molecule has 0 saturated heterocycles. The molecule has 0 unspecified atom stereocenters. The SMILES string of the molecule is Cc1cc2c(ccc3oc4ncnc(-c5cc(C(C)(C)C)c6sccc6c5)c4c32)o1. The average Bonchev–Trinajstić information content (AvgIpc) is 3.40. The van der Waals surface area contributed by atoms with E-state index in [1.54, 1.807) is 17.7 Å². The van der Waals surface area contributed by atoms with Gasteiger partial charge in [-0.05, 0) is 65.1 Å². The van der Waals surface area contributed by atoms with Crippen molar-refractivity contribution in [2.75, 3.05) is 0 Å². The molecule has 4 heterocycles. The number of furan rings is 2. The number of thiophene rings is 1. The minimum atomic E-state index is 0.0264. The molecule has 0 aliphatic heterocycles. The van der Waals surface area contributed by atoms with Crippen molar-refractivity contribution in [2.24, 2.45) is 0 Å². The molecule has 0 fully saturated rings. The van der Waals surface area contributed by atoms with Crippen LogP contribution in [-0.2, 0) is 5.41 Å². The van der Waals surface area contributed by atoms with Crippen molar-refractivity contribution in [2.45, 2.75) is 33.1 Å². The molecule has 30 heavy (non-hydrogen) atoms. The second-order valence-electron chi connectivity index (χ2n) is 8.82. The van der Waals surface area contributed by atoms with Gasteiger partial charge in [0.15, 0.2) is 0 Å². The van der Waals surface area contributed by atoms with E-state index >= 15 is 0 Å². The molecule has 6 rings (SSSR count). The molecule has 2 aromatic carbocycles. The molecular formula is C25H20N2O2S. The van der Waals surface area contributed by atoms with Crippen molar-refractivity contribution >= 4 is 54.5 Å². The lowest BCUT2D eigenvalue weighted by atomic mass is 9.85. The van der Waals surface area contributed by atoms with E-state index in [2.05, 4.69) is 55.4 Å². The van der Waals surface area contributed by atoms with Crippen LogP contribution in [0.15, 0.2) is 56.9 Å². The largest absolute Gasteiger partial charge is 0.461 e. The lowest BCUT2D eigenvalue weighted by molar-refractivity contribution is 0.578. The van der Waals surface area contributed by atoms with Crippen LogP contribution < -0.4 is 0 Å². The predicted octanol–water partition coefficient (Wildman–Crippen LogP) is 7.61. The van der Waals surface area contributed by atoms with Crippen LogP contribution in [0.3, 0.4) is 0 Å². The van der Waals surface area contributed by atoms with Gasteiger partial charge in [0.25, 0.3) is 0 Å². The fraction of sp³-hybridized carbons (Fsp3) is 0.200. The van der Waals surface area contributed by atoms with Crippen molar-refractivity contribution < 1.29 is 8.83 Å². The van der Waals surface area contributed by atoms with Gasteiger partial charge in [-0.2, -0.15) is 0 Å². The molecule has 0 radical (unpaired) electrons. The zero-order valence-electron chi connectivity index (χ0n) is 17.2. The normalized spacial score (nSPS) is 12.7. The Bertz CT molecular complexity index is 1590. The molecule has 0 atom stereocenters. The van der Waals surface area contributed by atoms with Crippen LogP contribution in [0.1, 0.15) is 32.1 Å². The number of rotatable bonds is 1. The Kier molecular flexibility index (Phi) is 3.49. The Morgan fingerprint density at radius 1 is 0.900 bits per heavy atom. The molecule has 6 aromatic rings. The molecule has 0 aliphatic rings. The third-order valence-electron chi connectivity index (χ3n) is 5.69. The molecule has 0 N–H and O–H groups in total. The van der Waals surface area contributed by atoms with E-state index in [0.29, 0.717) is 5.71 Å². The van der Waals surface area contributed by atoms with Crippen molar-refractivity contribution in [3.8, 4) is 11.3 Å². The summed E-state index contributed by atoms with van der Waals surface area (Å²) in [5.74, 6) is 0.875. The summed E-state index contributed by atoms with van der Waals surface area (Å²) < 4.78 is 13.3. The summed E-state index contributed by atoms with van der Waals surface area (Å²) in [5.41, 5.74) is 5.58. The van der Waals surface area contributed by atoms with Gasteiger partial charge in [-0.3, -0.25) is 0 Å². The first-order chi connectivity index (χ1) is 14.4. The summed E-state index contributed by atoms with van der Waals surface area (Å²) in [6.45, 7) is 8.73. The highest BCUT2D eigenvalue weighted by atomic mass is 32.1. The number of hydrogen-bond acceptors (Lipinski definition) is 5. The van der Waals surface area contributed by atoms with Gasteiger partial charge in [0.1, 0.15) is 23.3 Å². The van der Waals surface area contributed by atoms with Crippen LogP contribution in [0.25, 0.3) is 54.4 Å². The smallest absolute Gasteiger partial charge is 0.231 e. The zero-order chi connectivity index (χ0) is 20.6. The quantitative estimate of drug-likeness (QED) is 0.279. The number of aromatic nitrogens is 2. The summed E-state index contributed by atoms with van der Waals surface area (Å²) in [6.07, 6.45) is 1.59. The fourth-order valence-electron chi connectivity index (χ4n) is 4.33. The molecule has 0 bridgehead atoms.